The van der Waals surface area contributed by atoms with Crippen LogP contribution in [0.1, 0.15) is 13.3 Å². The maximum Gasteiger partial charge on any atom is 0.276 e. The monoisotopic (exact) mass is 265 g/mol. The van der Waals surface area contributed by atoms with E-state index in [1.165, 1.54) is 12.1 Å². The summed E-state index contributed by atoms with van der Waals surface area (Å²) in [5, 5.41) is 10.8. The summed E-state index contributed by atoms with van der Waals surface area (Å²) in [5.41, 5.74) is 5.62. The summed E-state index contributed by atoms with van der Waals surface area (Å²) >= 11 is 0. The molecular formula is C12H19N5O2. The van der Waals surface area contributed by atoms with Crippen LogP contribution in [0.25, 0.3) is 0 Å². The highest BCUT2D eigenvalue weighted by atomic mass is 16.6. The van der Waals surface area contributed by atoms with E-state index in [0.29, 0.717) is 5.82 Å². The van der Waals surface area contributed by atoms with Crippen LogP contribution >= 0.6 is 0 Å². The molecule has 2 heterocycles. The minimum absolute atomic E-state index is 0.00140. The van der Waals surface area contributed by atoms with Gasteiger partial charge in [0.15, 0.2) is 0 Å². The van der Waals surface area contributed by atoms with Crippen LogP contribution in [-0.4, -0.2) is 47.5 Å². The Morgan fingerprint density at radius 2 is 2.05 bits per heavy atom. The number of anilines is 2. The molecule has 0 unspecified atom stereocenters. The van der Waals surface area contributed by atoms with E-state index >= 15 is 0 Å². The van der Waals surface area contributed by atoms with E-state index in [2.05, 4.69) is 21.7 Å². The molecule has 2 N–H and O–H groups in total. The summed E-state index contributed by atoms with van der Waals surface area (Å²) in [6, 6.07) is 2.78. The van der Waals surface area contributed by atoms with Gasteiger partial charge in [0.05, 0.1) is 17.1 Å². The molecule has 1 fully saturated rings. The Morgan fingerprint density at radius 1 is 1.37 bits per heavy atom. The van der Waals surface area contributed by atoms with Crippen LogP contribution in [0.5, 0.6) is 0 Å². The quantitative estimate of drug-likeness (QED) is 0.648. The minimum Gasteiger partial charge on any atom is -0.383 e. The van der Waals surface area contributed by atoms with Crippen molar-refractivity contribution in [3.8, 4) is 0 Å². The van der Waals surface area contributed by atoms with Crippen LogP contribution in [-0.2, 0) is 0 Å². The Labute approximate surface area is 112 Å². The van der Waals surface area contributed by atoms with Gasteiger partial charge in [-0.3, -0.25) is 15.0 Å². The van der Waals surface area contributed by atoms with Gasteiger partial charge in [0.1, 0.15) is 11.6 Å². The zero-order chi connectivity index (χ0) is 13.8. The minimum atomic E-state index is -0.436. The topological polar surface area (TPSA) is 88.5 Å². The molecule has 0 aromatic carbocycles. The first kappa shape index (κ1) is 13.5. The van der Waals surface area contributed by atoms with Crippen molar-refractivity contribution in [2.24, 2.45) is 0 Å². The van der Waals surface area contributed by atoms with Crippen molar-refractivity contribution in [1.29, 1.82) is 0 Å². The Morgan fingerprint density at radius 3 is 2.63 bits per heavy atom. The van der Waals surface area contributed by atoms with E-state index in [-0.39, 0.29) is 11.5 Å². The van der Waals surface area contributed by atoms with Crippen LogP contribution in [0, 0.1) is 10.1 Å². The average Bonchev–Trinajstić information content (AvgIpc) is 2.39. The third kappa shape index (κ3) is 3.31. The van der Waals surface area contributed by atoms with Crippen molar-refractivity contribution < 1.29 is 4.92 Å². The predicted molar refractivity (Wildman–Crippen MR) is 74.2 cm³/mol. The fraction of sp³-hybridized carbons (Fsp3) is 0.583. The summed E-state index contributed by atoms with van der Waals surface area (Å²) in [4.78, 5) is 19.0. The number of pyridine rings is 1. The molecule has 19 heavy (non-hydrogen) atoms. The Bertz CT molecular complexity index is 457. The van der Waals surface area contributed by atoms with E-state index in [9.17, 15) is 10.1 Å². The first-order chi connectivity index (χ1) is 9.10. The van der Waals surface area contributed by atoms with E-state index in [4.69, 9.17) is 5.73 Å². The molecular weight excluding hydrogens is 246 g/mol. The van der Waals surface area contributed by atoms with Gasteiger partial charge >= 0.3 is 0 Å². The number of rotatable bonds is 4. The lowest BCUT2D eigenvalue weighted by Crippen LogP contribution is -2.46. The third-order valence-electron chi connectivity index (χ3n) is 3.26. The van der Waals surface area contributed by atoms with E-state index in [0.717, 1.165) is 39.1 Å². The zero-order valence-corrected chi connectivity index (χ0v) is 11.1. The van der Waals surface area contributed by atoms with Gasteiger partial charge in [-0.2, -0.15) is 0 Å². The normalized spacial score (nSPS) is 16.6. The van der Waals surface area contributed by atoms with Crippen molar-refractivity contribution in [3.63, 3.8) is 0 Å². The Hall–Kier alpha value is -1.89. The standard InChI is InChI=1S/C12H19N5O2/c1-2-3-15-4-6-16(7-5-15)12-9-10(17(18)19)8-11(13)14-12/h8-9H,2-7H2,1H3,(H2,13,14). The van der Waals surface area contributed by atoms with Crippen LogP contribution in [0.3, 0.4) is 0 Å². The van der Waals surface area contributed by atoms with Crippen LogP contribution < -0.4 is 10.6 Å². The maximum absolute atomic E-state index is 10.8. The second-order valence-electron chi connectivity index (χ2n) is 4.69. The second kappa shape index (κ2) is 5.83. The first-order valence-electron chi connectivity index (χ1n) is 6.49. The molecule has 0 aliphatic carbocycles. The number of hydrogen-bond acceptors (Lipinski definition) is 6. The summed E-state index contributed by atoms with van der Waals surface area (Å²) < 4.78 is 0. The smallest absolute Gasteiger partial charge is 0.276 e. The third-order valence-corrected chi connectivity index (χ3v) is 3.26. The molecule has 104 valence electrons. The number of nitrogen functional groups attached to an aromatic ring is 1. The first-order valence-corrected chi connectivity index (χ1v) is 6.49. The molecule has 0 bridgehead atoms. The highest BCUT2D eigenvalue weighted by Gasteiger charge is 2.20. The number of nitrogens with zero attached hydrogens (tertiary/aromatic N) is 4. The van der Waals surface area contributed by atoms with Gasteiger partial charge in [-0.15, -0.1) is 0 Å². The summed E-state index contributed by atoms with van der Waals surface area (Å²) in [6.07, 6.45) is 1.14. The molecule has 1 saturated heterocycles. The fourth-order valence-electron chi connectivity index (χ4n) is 2.31. The molecule has 1 aliphatic heterocycles. The lowest BCUT2D eigenvalue weighted by atomic mass is 10.2. The highest BCUT2D eigenvalue weighted by Crippen LogP contribution is 2.22. The SMILES string of the molecule is CCCN1CCN(c2cc([N+](=O)[O-])cc(N)n2)CC1. The molecule has 1 aromatic rings. The van der Waals surface area contributed by atoms with Gasteiger partial charge in [0.25, 0.3) is 5.69 Å². The molecule has 7 nitrogen and oxygen atoms in total. The van der Waals surface area contributed by atoms with Gasteiger partial charge in [-0.1, -0.05) is 6.92 Å². The predicted octanol–water partition coefficient (Wildman–Crippen LogP) is 1.10. The van der Waals surface area contributed by atoms with E-state index < -0.39 is 4.92 Å². The van der Waals surface area contributed by atoms with Crippen molar-refractivity contribution in [2.45, 2.75) is 13.3 Å². The van der Waals surface area contributed by atoms with Crippen LogP contribution in [0.4, 0.5) is 17.3 Å². The van der Waals surface area contributed by atoms with Crippen molar-refractivity contribution in [1.82, 2.24) is 9.88 Å². The molecule has 0 radical (unpaired) electrons. The van der Waals surface area contributed by atoms with Gasteiger partial charge < -0.3 is 10.6 Å². The molecule has 7 heteroatoms. The number of nitrogens with two attached hydrogens (primary N) is 1. The van der Waals surface area contributed by atoms with Crippen molar-refractivity contribution in [3.05, 3.63) is 22.2 Å². The molecule has 2 rings (SSSR count). The molecule has 0 spiro atoms. The molecule has 1 aliphatic rings. The zero-order valence-electron chi connectivity index (χ0n) is 11.1. The van der Waals surface area contributed by atoms with Crippen molar-refractivity contribution in [2.75, 3.05) is 43.4 Å². The summed E-state index contributed by atoms with van der Waals surface area (Å²) in [6.45, 7) is 6.82. The van der Waals surface area contributed by atoms with Gasteiger partial charge in [-0.25, -0.2) is 4.98 Å². The number of hydrogen-bond donors (Lipinski definition) is 1. The molecule has 0 atom stereocenters. The average molecular weight is 265 g/mol. The van der Waals surface area contributed by atoms with Gasteiger partial charge in [0.2, 0.25) is 0 Å². The molecule has 0 amide bonds. The Kier molecular flexibility index (Phi) is 4.16. The van der Waals surface area contributed by atoms with E-state index in [1.54, 1.807) is 0 Å². The fourth-order valence-corrected chi connectivity index (χ4v) is 2.31. The van der Waals surface area contributed by atoms with Crippen molar-refractivity contribution >= 4 is 17.3 Å². The van der Waals surface area contributed by atoms with E-state index in [1.807, 2.05) is 0 Å². The number of piperazine rings is 1. The molecule has 1 aromatic heterocycles. The van der Waals surface area contributed by atoms with Crippen LogP contribution in [0.2, 0.25) is 0 Å². The lowest BCUT2D eigenvalue weighted by Gasteiger charge is -2.35. The number of aromatic nitrogens is 1. The Balaban J connectivity index is 2.09. The van der Waals surface area contributed by atoms with Crippen LogP contribution in [0.15, 0.2) is 12.1 Å². The maximum atomic E-state index is 10.8. The summed E-state index contributed by atoms with van der Waals surface area (Å²) in [5.74, 6) is 0.794. The highest BCUT2D eigenvalue weighted by molar-refractivity contribution is 5.54. The van der Waals surface area contributed by atoms with Gasteiger partial charge in [-0.05, 0) is 13.0 Å². The second-order valence-corrected chi connectivity index (χ2v) is 4.69. The largest absolute Gasteiger partial charge is 0.383 e. The lowest BCUT2D eigenvalue weighted by molar-refractivity contribution is -0.384. The van der Waals surface area contributed by atoms with Gasteiger partial charge in [0, 0.05) is 26.2 Å². The molecule has 0 saturated carbocycles. The number of nitro groups is 1. The summed E-state index contributed by atoms with van der Waals surface area (Å²) in [7, 11) is 0.